The van der Waals surface area contributed by atoms with Gasteiger partial charge in [0, 0.05) is 0 Å². The highest BCUT2D eigenvalue weighted by molar-refractivity contribution is 9.25. The number of phenolic OH excluding ortho intramolecular Hbond substituents is 2. The third-order valence-corrected chi connectivity index (χ3v) is 6.27. The van der Waals surface area contributed by atoms with Crippen molar-refractivity contribution in [3.8, 4) is 11.5 Å². The van der Waals surface area contributed by atoms with Crippen molar-refractivity contribution >= 4 is 63.7 Å². The highest BCUT2D eigenvalue weighted by Crippen LogP contribution is 2.50. The highest BCUT2D eigenvalue weighted by atomic mass is 79.9. The molecule has 0 fully saturated rings. The summed E-state index contributed by atoms with van der Waals surface area (Å²) in [5.74, 6) is 0.444. The van der Waals surface area contributed by atoms with E-state index in [2.05, 4.69) is 63.7 Å². The Balaban J connectivity index is 2.69. The van der Waals surface area contributed by atoms with Crippen LogP contribution in [0.4, 0.5) is 0 Å². The van der Waals surface area contributed by atoms with Crippen molar-refractivity contribution in [3.63, 3.8) is 0 Å². The summed E-state index contributed by atoms with van der Waals surface area (Å²) in [5.41, 5.74) is 1.52. The summed E-state index contributed by atoms with van der Waals surface area (Å²) >= 11 is 14.6. The average molecular weight is 544 g/mol. The largest absolute Gasteiger partial charge is 0.508 e. The molecule has 0 aromatic heterocycles. The van der Waals surface area contributed by atoms with Gasteiger partial charge in [0.2, 0.25) is 0 Å². The zero-order chi connectivity index (χ0) is 15.6. The van der Waals surface area contributed by atoms with Crippen LogP contribution in [0, 0.1) is 0 Å². The molecule has 0 spiro atoms. The Bertz CT molecular complexity index is 539. The number of aromatic hydroxyl groups is 2. The Kier molecular flexibility index (Phi) is 5.79. The Morgan fingerprint density at radius 3 is 1.14 bits per heavy atom. The van der Waals surface area contributed by atoms with Gasteiger partial charge < -0.3 is 10.2 Å². The highest BCUT2D eigenvalue weighted by Gasteiger charge is 2.45. The van der Waals surface area contributed by atoms with Crippen LogP contribution in [0.25, 0.3) is 0 Å². The minimum atomic E-state index is -0.485. The summed E-state index contributed by atoms with van der Waals surface area (Å²) in [4.78, 5) is 0. The van der Waals surface area contributed by atoms with Gasteiger partial charge in [-0.25, -0.2) is 0 Å². The van der Waals surface area contributed by atoms with Crippen molar-refractivity contribution in [2.75, 3.05) is 0 Å². The second-order valence-electron chi connectivity index (χ2n) is 4.56. The molecule has 2 rings (SSSR count). The molecule has 0 saturated carbocycles. The summed E-state index contributed by atoms with van der Waals surface area (Å²) in [7, 11) is 0. The van der Waals surface area contributed by atoms with Gasteiger partial charge in [0.15, 0.2) is 0 Å². The van der Waals surface area contributed by atoms with E-state index in [1.807, 2.05) is 24.3 Å². The molecular formula is C15H12Br4O2. The number of halogens is 4. The van der Waals surface area contributed by atoms with Crippen LogP contribution < -0.4 is 0 Å². The smallest absolute Gasteiger partial charge is 0.115 e. The monoisotopic (exact) mass is 540 g/mol. The molecule has 2 nitrogen and oxygen atoms in total. The molecule has 0 saturated heterocycles. The zero-order valence-electron chi connectivity index (χ0n) is 10.7. The maximum atomic E-state index is 9.53. The van der Waals surface area contributed by atoms with Crippen LogP contribution in [0.3, 0.4) is 0 Å². The van der Waals surface area contributed by atoms with E-state index in [4.69, 9.17) is 0 Å². The molecule has 0 amide bonds. The summed E-state index contributed by atoms with van der Waals surface area (Å²) in [6.45, 7) is 0. The molecule has 6 heteroatoms. The Morgan fingerprint density at radius 2 is 0.905 bits per heavy atom. The number of benzene rings is 2. The van der Waals surface area contributed by atoms with Crippen molar-refractivity contribution in [3.05, 3.63) is 59.7 Å². The zero-order valence-corrected chi connectivity index (χ0v) is 17.0. The van der Waals surface area contributed by atoms with Crippen LogP contribution in [0.2, 0.25) is 0 Å². The molecule has 0 heterocycles. The summed E-state index contributed by atoms with van der Waals surface area (Å²) in [6, 6.07) is 14.2. The lowest BCUT2D eigenvalue weighted by Gasteiger charge is -2.38. The Hall–Kier alpha value is -0.0400. The van der Waals surface area contributed by atoms with Gasteiger partial charge in [0.1, 0.15) is 11.5 Å². The normalized spacial score (nSPS) is 12.1. The fourth-order valence-electron chi connectivity index (χ4n) is 2.24. The number of rotatable bonds is 4. The van der Waals surface area contributed by atoms with Crippen molar-refractivity contribution in [2.45, 2.75) is 12.9 Å². The van der Waals surface area contributed by atoms with Gasteiger partial charge in [-0.15, -0.1) is 0 Å². The minimum absolute atomic E-state index is 0.0877. The van der Waals surface area contributed by atoms with E-state index in [-0.39, 0.29) is 19.0 Å². The molecule has 0 atom stereocenters. The second kappa shape index (κ2) is 7.02. The molecule has 0 radical (unpaired) electrons. The van der Waals surface area contributed by atoms with Crippen LogP contribution in [-0.2, 0) is 5.41 Å². The molecular weight excluding hydrogens is 532 g/mol. The van der Waals surface area contributed by atoms with Gasteiger partial charge in [-0.2, -0.15) is 0 Å². The first-order valence-corrected chi connectivity index (χ1v) is 9.70. The van der Waals surface area contributed by atoms with E-state index < -0.39 is 5.41 Å². The van der Waals surface area contributed by atoms with Crippen LogP contribution in [0.5, 0.6) is 11.5 Å². The number of phenols is 2. The molecule has 2 aromatic carbocycles. The van der Waals surface area contributed by atoms with Crippen LogP contribution in [0.15, 0.2) is 48.5 Å². The summed E-state index contributed by atoms with van der Waals surface area (Å²) in [5, 5.41) is 19.1. The van der Waals surface area contributed by atoms with Crippen molar-refractivity contribution in [1.29, 1.82) is 0 Å². The molecule has 0 bridgehead atoms. The van der Waals surface area contributed by atoms with E-state index >= 15 is 0 Å². The first-order valence-electron chi connectivity index (χ1n) is 6.04. The first-order chi connectivity index (χ1) is 9.88. The van der Waals surface area contributed by atoms with E-state index in [0.29, 0.717) is 0 Å². The van der Waals surface area contributed by atoms with E-state index in [1.54, 1.807) is 24.3 Å². The predicted octanol–water partition coefficient (Wildman–Crippen LogP) is 5.62. The van der Waals surface area contributed by atoms with E-state index in [1.165, 1.54) is 0 Å². The molecule has 2 aromatic rings. The minimum Gasteiger partial charge on any atom is -0.508 e. The fraction of sp³-hybridized carbons (Fsp3) is 0.200. The van der Waals surface area contributed by atoms with Gasteiger partial charge in [-0.1, -0.05) is 88.0 Å². The van der Waals surface area contributed by atoms with Gasteiger partial charge in [-0.3, -0.25) is 0 Å². The quantitative estimate of drug-likeness (QED) is 0.492. The average Bonchev–Trinajstić information content (AvgIpc) is 2.43. The summed E-state index contributed by atoms with van der Waals surface area (Å²) in [6.07, 6.45) is 0. The molecule has 2 N–H and O–H groups in total. The van der Waals surface area contributed by atoms with Gasteiger partial charge in [-0.05, 0) is 35.4 Å². The topological polar surface area (TPSA) is 40.5 Å². The van der Waals surface area contributed by atoms with Crippen molar-refractivity contribution in [2.24, 2.45) is 0 Å². The van der Waals surface area contributed by atoms with Crippen LogP contribution in [-0.4, -0.2) is 17.7 Å². The SMILES string of the molecule is Oc1ccc(C(c2ccc(O)cc2)(C(Br)Br)C(Br)Br)cc1. The molecule has 112 valence electrons. The molecule has 0 aliphatic carbocycles. The molecule has 21 heavy (non-hydrogen) atoms. The van der Waals surface area contributed by atoms with Gasteiger partial charge >= 0.3 is 0 Å². The van der Waals surface area contributed by atoms with Crippen molar-refractivity contribution < 1.29 is 10.2 Å². The summed E-state index contributed by atoms with van der Waals surface area (Å²) < 4.78 is -0.175. The van der Waals surface area contributed by atoms with Gasteiger partial charge in [0.05, 0.1) is 12.9 Å². The van der Waals surface area contributed by atoms with Crippen LogP contribution >= 0.6 is 63.7 Å². The third-order valence-electron chi connectivity index (χ3n) is 3.38. The first kappa shape index (κ1) is 17.3. The fourth-order valence-corrected chi connectivity index (χ4v) is 6.83. The third kappa shape index (κ3) is 3.33. The maximum Gasteiger partial charge on any atom is 0.115 e. The lowest BCUT2D eigenvalue weighted by molar-refractivity contribution is 0.474. The molecule has 0 aliphatic rings. The molecule has 0 aliphatic heterocycles. The standard InChI is InChI=1S/C15H12Br4O2/c16-13(17)15(14(18)19,9-1-5-11(20)6-2-9)10-3-7-12(21)8-4-10/h1-8,13-14,20-21H. The van der Waals surface area contributed by atoms with E-state index in [9.17, 15) is 10.2 Å². The number of alkyl halides is 4. The predicted molar refractivity (Wildman–Crippen MR) is 100 cm³/mol. The maximum absolute atomic E-state index is 9.53. The molecule has 0 unspecified atom stereocenters. The Labute approximate surface area is 157 Å². The van der Waals surface area contributed by atoms with Gasteiger partial charge in [0.25, 0.3) is 0 Å². The lowest BCUT2D eigenvalue weighted by Crippen LogP contribution is -2.40. The lowest BCUT2D eigenvalue weighted by atomic mass is 9.78. The van der Waals surface area contributed by atoms with Crippen molar-refractivity contribution in [1.82, 2.24) is 0 Å². The van der Waals surface area contributed by atoms with Crippen LogP contribution in [0.1, 0.15) is 11.1 Å². The number of hydrogen-bond donors (Lipinski definition) is 2. The van der Waals surface area contributed by atoms with E-state index in [0.717, 1.165) is 11.1 Å². The Morgan fingerprint density at radius 1 is 0.619 bits per heavy atom. The second-order valence-corrected chi connectivity index (χ2v) is 10.7. The number of hydrogen-bond acceptors (Lipinski definition) is 2.